The minimum Gasteiger partial charge on any atom is -0.310 e. The van der Waals surface area contributed by atoms with Gasteiger partial charge in [0.25, 0.3) is 15.7 Å². The Balaban J connectivity index is 2.08. The van der Waals surface area contributed by atoms with E-state index in [-0.39, 0.29) is 12.1 Å². The van der Waals surface area contributed by atoms with Gasteiger partial charge in [-0.05, 0) is 6.42 Å². The van der Waals surface area contributed by atoms with Gasteiger partial charge in [-0.2, -0.15) is 8.42 Å². The second-order valence-electron chi connectivity index (χ2n) is 5.82. The first-order valence-corrected chi connectivity index (χ1v) is 9.69. The second-order valence-corrected chi connectivity index (χ2v) is 7.47. The Bertz CT molecular complexity index is 1160. The molecule has 0 bridgehead atoms. The standard InChI is InChI=1S/C16H18N4O5S/c1-19-15(21)12-14(18-16(19)22)20(9-6-10-25-26(2,23)24)13(17-12)11-7-4-3-5-8-11/h3-5,7-8H,6,9-10H2,1-2H3,(H,18,22). The van der Waals surface area contributed by atoms with Crippen molar-refractivity contribution in [2.45, 2.75) is 13.0 Å². The molecule has 1 N–H and O–H groups in total. The van der Waals surface area contributed by atoms with Crippen LogP contribution < -0.4 is 11.2 Å². The van der Waals surface area contributed by atoms with Crippen molar-refractivity contribution in [3.63, 3.8) is 0 Å². The minimum atomic E-state index is -3.53. The number of hydrogen-bond acceptors (Lipinski definition) is 6. The fourth-order valence-electron chi connectivity index (χ4n) is 2.62. The topological polar surface area (TPSA) is 116 Å². The van der Waals surface area contributed by atoms with Gasteiger partial charge >= 0.3 is 5.69 Å². The normalized spacial score (nSPS) is 11.9. The molecule has 3 aromatic rings. The molecule has 2 aromatic heterocycles. The van der Waals surface area contributed by atoms with E-state index >= 15 is 0 Å². The first kappa shape index (κ1) is 18.1. The largest absolute Gasteiger partial charge is 0.329 e. The molecule has 0 saturated heterocycles. The lowest BCUT2D eigenvalue weighted by Gasteiger charge is -2.09. The maximum Gasteiger partial charge on any atom is 0.329 e. The molecule has 138 valence electrons. The summed E-state index contributed by atoms with van der Waals surface area (Å²) in [5.74, 6) is 0.513. The van der Waals surface area contributed by atoms with Crippen molar-refractivity contribution >= 4 is 21.3 Å². The minimum absolute atomic E-state index is 0.0121. The molecule has 0 aliphatic heterocycles. The lowest BCUT2D eigenvalue weighted by Crippen LogP contribution is -2.32. The molecule has 0 aliphatic rings. The monoisotopic (exact) mass is 378 g/mol. The number of benzene rings is 1. The molecule has 0 saturated carbocycles. The highest BCUT2D eigenvalue weighted by Gasteiger charge is 2.17. The molecule has 26 heavy (non-hydrogen) atoms. The van der Waals surface area contributed by atoms with E-state index in [2.05, 4.69) is 9.97 Å². The number of aryl methyl sites for hydroxylation is 1. The summed E-state index contributed by atoms with van der Waals surface area (Å²) >= 11 is 0. The second kappa shape index (κ2) is 6.89. The van der Waals surface area contributed by atoms with Crippen molar-refractivity contribution in [1.82, 2.24) is 19.1 Å². The Morgan fingerprint density at radius 2 is 1.88 bits per heavy atom. The van der Waals surface area contributed by atoms with Crippen LogP contribution in [0.25, 0.3) is 22.6 Å². The van der Waals surface area contributed by atoms with Gasteiger partial charge in [-0.1, -0.05) is 30.3 Å². The number of hydrogen-bond donors (Lipinski definition) is 1. The number of aromatic amines is 1. The molecular weight excluding hydrogens is 360 g/mol. The first-order valence-electron chi connectivity index (χ1n) is 7.87. The highest BCUT2D eigenvalue weighted by atomic mass is 32.2. The number of rotatable bonds is 6. The average molecular weight is 378 g/mol. The van der Waals surface area contributed by atoms with Gasteiger partial charge in [-0.3, -0.25) is 18.5 Å². The molecule has 0 fully saturated rings. The van der Waals surface area contributed by atoms with Crippen molar-refractivity contribution in [3.05, 3.63) is 51.2 Å². The van der Waals surface area contributed by atoms with Crippen molar-refractivity contribution in [2.75, 3.05) is 12.9 Å². The van der Waals surface area contributed by atoms with E-state index in [0.717, 1.165) is 16.4 Å². The van der Waals surface area contributed by atoms with Crippen LogP contribution in [0.15, 0.2) is 39.9 Å². The van der Waals surface area contributed by atoms with Crippen LogP contribution in [0.4, 0.5) is 0 Å². The fraction of sp³-hybridized carbons (Fsp3) is 0.312. The van der Waals surface area contributed by atoms with Crippen LogP contribution >= 0.6 is 0 Å². The van der Waals surface area contributed by atoms with Gasteiger partial charge in [0.2, 0.25) is 0 Å². The summed E-state index contributed by atoms with van der Waals surface area (Å²) in [7, 11) is -2.15. The number of imidazole rings is 1. The van der Waals surface area contributed by atoms with E-state index in [0.29, 0.717) is 24.4 Å². The summed E-state index contributed by atoms with van der Waals surface area (Å²) in [6.45, 7) is 0.307. The van der Waals surface area contributed by atoms with Gasteiger partial charge in [0.1, 0.15) is 11.5 Å². The quantitative estimate of drug-likeness (QED) is 0.492. The van der Waals surface area contributed by atoms with E-state index in [9.17, 15) is 18.0 Å². The van der Waals surface area contributed by atoms with Crippen LogP contribution in [-0.4, -0.2) is 40.4 Å². The van der Waals surface area contributed by atoms with Crippen molar-refractivity contribution in [3.8, 4) is 11.4 Å². The fourth-order valence-corrected chi connectivity index (χ4v) is 3.04. The van der Waals surface area contributed by atoms with E-state index < -0.39 is 21.4 Å². The summed E-state index contributed by atoms with van der Waals surface area (Å²) in [6, 6.07) is 9.22. The Kier molecular flexibility index (Phi) is 4.79. The van der Waals surface area contributed by atoms with Crippen LogP contribution in [0.1, 0.15) is 6.42 Å². The van der Waals surface area contributed by atoms with E-state index in [1.165, 1.54) is 7.05 Å². The molecule has 0 unspecified atom stereocenters. The summed E-state index contributed by atoms with van der Waals surface area (Å²) in [4.78, 5) is 31.4. The molecule has 9 nitrogen and oxygen atoms in total. The lowest BCUT2D eigenvalue weighted by molar-refractivity contribution is 0.308. The maximum absolute atomic E-state index is 12.4. The molecule has 0 atom stereocenters. The van der Waals surface area contributed by atoms with Gasteiger partial charge in [0.05, 0.1) is 12.9 Å². The van der Waals surface area contributed by atoms with Gasteiger partial charge in [0.15, 0.2) is 5.52 Å². The molecule has 3 rings (SSSR count). The third-order valence-corrected chi connectivity index (χ3v) is 4.46. The van der Waals surface area contributed by atoms with Gasteiger partial charge in [-0.15, -0.1) is 0 Å². The zero-order valence-electron chi connectivity index (χ0n) is 14.3. The smallest absolute Gasteiger partial charge is 0.310 e. The highest BCUT2D eigenvalue weighted by molar-refractivity contribution is 7.85. The summed E-state index contributed by atoms with van der Waals surface area (Å²) in [5, 5.41) is 0. The lowest BCUT2D eigenvalue weighted by atomic mass is 10.2. The summed E-state index contributed by atoms with van der Waals surface area (Å²) in [6.07, 6.45) is 1.34. The molecular formula is C16H18N4O5S. The third kappa shape index (κ3) is 3.60. The Morgan fingerprint density at radius 3 is 2.54 bits per heavy atom. The van der Waals surface area contributed by atoms with Crippen molar-refractivity contribution < 1.29 is 12.6 Å². The van der Waals surface area contributed by atoms with Gasteiger partial charge in [0, 0.05) is 19.2 Å². The number of aromatic nitrogens is 4. The predicted molar refractivity (Wildman–Crippen MR) is 96.4 cm³/mol. The van der Waals surface area contributed by atoms with Crippen LogP contribution in [0.5, 0.6) is 0 Å². The van der Waals surface area contributed by atoms with Crippen molar-refractivity contribution in [1.29, 1.82) is 0 Å². The SMILES string of the molecule is Cn1c(=O)[nH]c2c(nc(-c3ccccc3)n2CCCOS(C)(=O)=O)c1=O. The van der Waals surface area contributed by atoms with Crippen LogP contribution in [0.3, 0.4) is 0 Å². The van der Waals surface area contributed by atoms with E-state index in [4.69, 9.17) is 4.18 Å². The van der Waals surface area contributed by atoms with E-state index in [1.807, 2.05) is 30.3 Å². The number of H-pyrrole nitrogens is 1. The van der Waals surface area contributed by atoms with Crippen molar-refractivity contribution in [2.24, 2.45) is 7.05 Å². The third-order valence-electron chi connectivity index (χ3n) is 3.86. The Hall–Kier alpha value is -2.72. The molecule has 0 amide bonds. The van der Waals surface area contributed by atoms with E-state index in [1.54, 1.807) is 4.57 Å². The van der Waals surface area contributed by atoms with Crippen LogP contribution in [0, 0.1) is 0 Å². The molecule has 0 aliphatic carbocycles. The average Bonchev–Trinajstić information content (AvgIpc) is 2.95. The molecule has 2 heterocycles. The first-order chi connectivity index (χ1) is 12.3. The maximum atomic E-state index is 12.4. The predicted octanol–water partition coefficient (Wildman–Crippen LogP) is 0.457. The highest BCUT2D eigenvalue weighted by Crippen LogP contribution is 2.22. The van der Waals surface area contributed by atoms with Gasteiger partial charge in [-0.25, -0.2) is 9.78 Å². The zero-order chi connectivity index (χ0) is 18.9. The molecule has 1 aromatic carbocycles. The molecule has 0 radical (unpaired) electrons. The summed E-state index contributed by atoms with van der Waals surface area (Å²) in [5.41, 5.74) is 0.185. The molecule has 10 heteroatoms. The summed E-state index contributed by atoms with van der Waals surface area (Å²) < 4.78 is 29.6. The Morgan fingerprint density at radius 1 is 1.19 bits per heavy atom. The number of fused-ring (bicyclic) bond motifs is 1. The van der Waals surface area contributed by atoms with Crippen LogP contribution in [0.2, 0.25) is 0 Å². The number of nitrogens with zero attached hydrogens (tertiary/aromatic N) is 3. The van der Waals surface area contributed by atoms with Crippen LogP contribution in [-0.2, 0) is 27.9 Å². The molecule has 0 spiro atoms. The number of nitrogens with one attached hydrogen (secondary N) is 1. The zero-order valence-corrected chi connectivity index (χ0v) is 15.1. The van der Waals surface area contributed by atoms with Gasteiger partial charge < -0.3 is 4.57 Å². The Labute approximate surface area is 149 Å².